The molecular weight excluding hydrogens is 228 g/mol. The van der Waals surface area contributed by atoms with Crippen molar-refractivity contribution in [3.05, 3.63) is 0 Å². The predicted molar refractivity (Wildman–Crippen MR) is 73.7 cm³/mol. The third-order valence-corrected chi connectivity index (χ3v) is 3.11. The first kappa shape index (κ1) is 17.3. The molecule has 0 atom stereocenters. The second kappa shape index (κ2) is 12.7. The highest BCUT2D eigenvalue weighted by molar-refractivity contribution is 5.78. The molecule has 0 saturated carbocycles. The molecule has 106 valence electrons. The Labute approximate surface area is 111 Å². The summed E-state index contributed by atoms with van der Waals surface area (Å²) in [5, 5.41) is 0. The van der Waals surface area contributed by atoms with Gasteiger partial charge in [0, 0.05) is 39.4 Å². The maximum Gasteiger partial charge on any atom is 0.132 e. The van der Waals surface area contributed by atoms with Crippen molar-refractivity contribution in [2.75, 3.05) is 13.7 Å². The fourth-order valence-electron chi connectivity index (χ4n) is 1.87. The van der Waals surface area contributed by atoms with E-state index >= 15 is 0 Å². The van der Waals surface area contributed by atoms with Crippen molar-refractivity contribution in [3.63, 3.8) is 0 Å². The van der Waals surface area contributed by atoms with Gasteiger partial charge in [-0.2, -0.15) is 0 Å². The highest BCUT2D eigenvalue weighted by Gasteiger charge is 2.02. The van der Waals surface area contributed by atoms with Crippen LogP contribution in [-0.2, 0) is 14.3 Å². The number of ketones is 2. The molecule has 18 heavy (non-hydrogen) atoms. The fraction of sp³-hybridized carbons (Fsp3) is 0.867. The second-order valence-corrected chi connectivity index (χ2v) is 4.80. The summed E-state index contributed by atoms with van der Waals surface area (Å²) >= 11 is 0. The quantitative estimate of drug-likeness (QED) is 0.472. The topological polar surface area (TPSA) is 43.4 Å². The van der Waals surface area contributed by atoms with Gasteiger partial charge in [0.2, 0.25) is 0 Å². The lowest BCUT2D eigenvalue weighted by molar-refractivity contribution is -0.119. The molecule has 0 aliphatic rings. The molecule has 0 saturated heterocycles. The summed E-state index contributed by atoms with van der Waals surface area (Å²) in [7, 11) is 1.70. The molecule has 0 rings (SSSR count). The first-order valence-corrected chi connectivity index (χ1v) is 7.23. The summed E-state index contributed by atoms with van der Waals surface area (Å²) in [5.74, 6) is 0.703. The lowest BCUT2D eigenvalue weighted by atomic mass is 10.0. The van der Waals surface area contributed by atoms with Gasteiger partial charge in [-0.25, -0.2) is 0 Å². The molecule has 0 amide bonds. The third-order valence-electron chi connectivity index (χ3n) is 3.11. The molecule has 0 aromatic rings. The number of rotatable bonds is 13. The summed E-state index contributed by atoms with van der Waals surface area (Å²) < 4.78 is 4.96. The van der Waals surface area contributed by atoms with Crippen LogP contribution in [0.5, 0.6) is 0 Å². The van der Waals surface area contributed by atoms with Gasteiger partial charge in [-0.05, 0) is 25.7 Å². The summed E-state index contributed by atoms with van der Waals surface area (Å²) in [4.78, 5) is 22.6. The number of methoxy groups -OCH3 is 1. The molecule has 0 spiro atoms. The maximum absolute atomic E-state index is 11.5. The van der Waals surface area contributed by atoms with E-state index in [1.165, 1.54) is 0 Å². The lowest BCUT2D eigenvalue weighted by Crippen LogP contribution is -1.99. The van der Waals surface area contributed by atoms with E-state index in [1.807, 2.05) is 6.92 Å². The van der Waals surface area contributed by atoms with Gasteiger partial charge in [-0.1, -0.05) is 19.8 Å². The van der Waals surface area contributed by atoms with Gasteiger partial charge < -0.3 is 4.74 Å². The van der Waals surface area contributed by atoms with Gasteiger partial charge >= 0.3 is 0 Å². The van der Waals surface area contributed by atoms with Gasteiger partial charge in [-0.3, -0.25) is 9.59 Å². The van der Waals surface area contributed by atoms with Crippen molar-refractivity contribution < 1.29 is 14.3 Å². The molecule has 0 unspecified atom stereocenters. The van der Waals surface area contributed by atoms with Crippen LogP contribution in [0.3, 0.4) is 0 Å². The zero-order valence-electron chi connectivity index (χ0n) is 12.0. The molecule has 0 bridgehead atoms. The van der Waals surface area contributed by atoms with Crippen LogP contribution in [0.2, 0.25) is 0 Å². The van der Waals surface area contributed by atoms with E-state index in [-0.39, 0.29) is 0 Å². The number of carbonyl (C=O) groups is 2. The SMILES string of the molecule is CCC(=O)CCCCCC(=O)CCCCCOC. The maximum atomic E-state index is 11.5. The summed E-state index contributed by atoms with van der Waals surface area (Å²) in [5.41, 5.74) is 0. The minimum atomic E-state index is 0.333. The highest BCUT2D eigenvalue weighted by Crippen LogP contribution is 2.08. The van der Waals surface area contributed by atoms with E-state index < -0.39 is 0 Å². The largest absolute Gasteiger partial charge is 0.385 e. The van der Waals surface area contributed by atoms with Crippen LogP contribution in [0.1, 0.15) is 71.1 Å². The Hall–Kier alpha value is -0.700. The highest BCUT2D eigenvalue weighted by atomic mass is 16.5. The van der Waals surface area contributed by atoms with Crippen LogP contribution < -0.4 is 0 Å². The Kier molecular flexibility index (Phi) is 12.3. The molecule has 3 nitrogen and oxygen atoms in total. The monoisotopic (exact) mass is 256 g/mol. The average molecular weight is 256 g/mol. The molecule has 3 heteroatoms. The number of hydrogen-bond acceptors (Lipinski definition) is 3. The number of carbonyl (C=O) groups excluding carboxylic acids is 2. The summed E-state index contributed by atoms with van der Waals surface area (Å²) in [6, 6.07) is 0. The first-order valence-electron chi connectivity index (χ1n) is 7.23. The van der Waals surface area contributed by atoms with E-state index in [9.17, 15) is 9.59 Å². The van der Waals surface area contributed by atoms with Crippen molar-refractivity contribution in [2.24, 2.45) is 0 Å². The van der Waals surface area contributed by atoms with Crippen molar-refractivity contribution in [3.8, 4) is 0 Å². The zero-order chi connectivity index (χ0) is 13.6. The van der Waals surface area contributed by atoms with Gasteiger partial charge in [0.25, 0.3) is 0 Å². The summed E-state index contributed by atoms with van der Waals surface area (Å²) in [6.45, 7) is 2.69. The molecule has 0 aromatic heterocycles. The molecule has 0 N–H and O–H groups in total. The Bertz CT molecular complexity index is 224. The minimum Gasteiger partial charge on any atom is -0.385 e. The van der Waals surface area contributed by atoms with E-state index in [0.29, 0.717) is 37.2 Å². The van der Waals surface area contributed by atoms with Gasteiger partial charge in [0.1, 0.15) is 11.6 Å². The number of unbranched alkanes of at least 4 members (excludes halogenated alkanes) is 4. The van der Waals surface area contributed by atoms with Crippen LogP contribution in [0.4, 0.5) is 0 Å². The Morgan fingerprint density at radius 2 is 1.28 bits per heavy atom. The molecule has 0 aliphatic carbocycles. The molecule has 0 aliphatic heterocycles. The van der Waals surface area contributed by atoms with Gasteiger partial charge in [0.05, 0.1) is 0 Å². The van der Waals surface area contributed by atoms with Crippen LogP contribution in [-0.4, -0.2) is 25.3 Å². The van der Waals surface area contributed by atoms with E-state index in [1.54, 1.807) is 7.11 Å². The minimum absolute atomic E-state index is 0.333. The van der Waals surface area contributed by atoms with Crippen LogP contribution in [0.15, 0.2) is 0 Å². The number of Topliss-reactive ketones (excluding diaryl/α,β-unsaturated/α-hetero) is 2. The third kappa shape index (κ3) is 11.8. The average Bonchev–Trinajstić information content (AvgIpc) is 2.37. The molecule has 0 radical (unpaired) electrons. The zero-order valence-corrected chi connectivity index (χ0v) is 12.0. The normalized spacial score (nSPS) is 10.6. The molecule has 0 aromatic carbocycles. The van der Waals surface area contributed by atoms with Gasteiger partial charge in [-0.15, -0.1) is 0 Å². The first-order chi connectivity index (χ1) is 8.70. The Morgan fingerprint density at radius 3 is 1.78 bits per heavy atom. The summed E-state index contributed by atoms with van der Waals surface area (Å²) in [6.07, 6.45) is 8.69. The number of ether oxygens (including phenoxy) is 1. The fourth-order valence-corrected chi connectivity index (χ4v) is 1.87. The number of hydrogen-bond donors (Lipinski definition) is 0. The van der Waals surface area contributed by atoms with Crippen molar-refractivity contribution in [2.45, 2.75) is 71.1 Å². The van der Waals surface area contributed by atoms with E-state index in [2.05, 4.69) is 0 Å². The van der Waals surface area contributed by atoms with Crippen LogP contribution in [0.25, 0.3) is 0 Å². The van der Waals surface area contributed by atoms with E-state index in [0.717, 1.165) is 45.1 Å². The standard InChI is InChI=1S/C15H28O3/c1-3-14(16)10-6-4-7-11-15(17)12-8-5-9-13-18-2/h3-13H2,1-2H3. The van der Waals surface area contributed by atoms with E-state index in [4.69, 9.17) is 4.74 Å². The Balaban J connectivity index is 3.24. The van der Waals surface area contributed by atoms with Crippen LogP contribution in [0, 0.1) is 0 Å². The van der Waals surface area contributed by atoms with Crippen molar-refractivity contribution in [1.29, 1.82) is 0 Å². The van der Waals surface area contributed by atoms with Crippen molar-refractivity contribution >= 4 is 11.6 Å². The predicted octanol–water partition coefficient (Wildman–Crippen LogP) is 3.69. The van der Waals surface area contributed by atoms with Crippen LogP contribution >= 0.6 is 0 Å². The van der Waals surface area contributed by atoms with Gasteiger partial charge in [0.15, 0.2) is 0 Å². The lowest BCUT2D eigenvalue weighted by Gasteiger charge is -2.02. The molecule has 0 heterocycles. The Morgan fingerprint density at radius 1 is 0.778 bits per heavy atom. The second-order valence-electron chi connectivity index (χ2n) is 4.80. The molecular formula is C15H28O3. The molecule has 0 fully saturated rings. The smallest absolute Gasteiger partial charge is 0.132 e. The van der Waals surface area contributed by atoms with Crippen molar-refractivity contribution in [1.82, 2.24) is 0 Å².